The second kappa shape index (κ2) is 8.39. The van der Waals surface area contributed by atoms with Crippen LogP contribution in [0.15, 0.2) is 48.5 Å². The lowest BCUT2D eigenvalue weighted by Crippen LogP contribution is -2.33. The minimum absolute atomic E-state index is 0.155. The highest BCUT2D eigenvalue weighted by Gasteiger charge is 2.20. The van der Waals surface area contributed by atoms with Gasteiger partial charge in [-0.05, 0) is 93.0 Å². The zero-order valence-electron chi connectivity index (χ0n) is 14.1. The molecule has 3 heteroatoms. The summed E-state index contributed by atoms with van der Waals surface area (Å²) in [5.41, 5.74) is 2.48. The van der Waals surface area contributed by atoms with E-state index in [0.717, 1.165) is 45.3 Å². The Balaban J connectivity index is 1.35. The number of unbranched alkanes of at least 4 members (excludes halogenated alkanes) is 1. The molecule has 1 heterocycles. The molecule has 0 spiro atoms. The summed E-state index contributed by atoms with van der Waals surface area (Å²) in [7, 11) is 0. The summed E-state index contributed by atoms with van der Waals surface area (Å²) in [6.45, 7) is 3.38. The molecule has 0 N–H and O–H groups in total. The number of aryl methyl sites for hydroxylation is 1. The highest BCUT2D eigenvalue weighted by atomic mass is 19.1. The molecule has 0 saturated carbocycles. The first-order valence-electron chi connectivity index (χ1n) is 8.93. The van der Waals surface area contributed by atoms with Gasteiger partial charge in [0.15, 0.2) is 0 Å². The maximum atomic E-state index is 13.0. The Labute approximate surface area is 143 Å². The van der Waals surface area contributed by atoms with E-state index < -0.39 is 0 Å². The molecule has 2 aromatic carbocycles. The molecule has 3 rings (SSSR count). The Morgan fingerprint density at radius 3 is 2.00 bits per heavy atom. The highest BCUT2D eigenvalue weighted by Crippen LogP contribution is 2.28. The maximum absolute atomic E-state index is 13.0. The fourth-order valence-electron chi connectivity index (χ4n) is 3.54. The average molecular weight is 329 g/mol. The van der Waals surface area contributed by atoms with Gasteiger partial charge in [0, 0.05) is 0 Å². The fraction of sp³-hybridized carbons (Fsp3) is 0.429. The number of benzene rings is 2. The fourth-order valence-corrected chi connectivity index (χ4v) is 3.54. The van der Waals surface area contributed by atoms with Crippen LogP contribution < -0.4 is 0 Å². The molecule has 0 radical (unpaired) electrons. The molecule has 1 aliphatic heterocycles. The van der Waals surface area contributed by atoms with E-state index in [1.165, 1.54) is 29.7 Å². The summed E-state index contributed by atoms with van der Waals surface area (Å²) >= 11 is 0. The van der Waals surface area contributed by atoms with Gasteiger partial charge in [-0.1, -0.05) is 24.3 Å². The van der Waals surface area contributed by atoms with Crippen molar-refractivity contribution in [2.75, 3.05) is 19.6 Å². The number of halogens is 2. The van der Waals surface area contributed by atoms with E-state index >= 15 is 0 Å². The third-order valence-corrected chi connectivity index (χ3v) is 5.03. The van der Waals surface area contributed by atoms with Crippen LogP contribution >= 0.6 is 0 Å². The molecule has 0 aliphatic carbocycles. The lowest BCUT2D eigenvalue weighted by Gasteiger charge is -2.32. The van der Waals surface area contributed by atoms with E-state index in [1.807, 2.05) is 24.3 Å². The van der Waals surface area contributed by atoms with E-state index in [4.69, 9.17) is 0 Å². The van der Waals surface area contributed by atoms with Crippen molar-refractivity contribution in [3.8, 4) is 0 Å². The number of hydrogen-bond donors (Lipinski definition) is 0. The highest BCUT2D eigenvalue weighted by molar-refractivity contribution is 5.21. The van der Waals surface area contributed by atoms with Crippen LogP contribution in [0.25, 0.3) is 0 Å². The van der Waals surface area contributed by atoms with E-state index in [0.29, 0.717) is 5.92 Å². The number of hydrogen-bond acceptors (Lipinski definition) is 1. The van der Waals surface area contributed by atoms with Crippen LogP contribution in [0, 0.1) is 11.6 Å². The first kappa shape index (κ1) is 17.1. The molecular weight excluding hydrogens is 304 g/mol. The third kappa shape index (κ3) is 4.88. The molecule has 128 valence electrons. The third-order valence-electron chi connectivity index (χ3n) is 5.03. The van der Waals surface area contributed by atoms with Gasteiger partial charge >= 0.3 is 0 Å². The summed E-state index contributed by atoms with van der Waals surface area (Å²) < 4.78 is 25.9. The van der Waals surface area contributed by atoms with Crippen molar-refractivity contribution in [1.29, 1.82) is 0 Å². The summed E-state index contributed by atoms with van der Waals surface area (Å²) in [5.74, 6) is 0.251. The largest absolute Gasteiger partial charge is 0.303 e. The molecular formula is C21H25F2N. The molecule has 0 aromatic heterocycles. The molecule has 24 heavy (non-hydrogen) atoms. The maximum Gasteiger partial charge on any atom is 0.123 e. The number of likely N-dealkylation sites (tertiary alicyclic amines) is 1. The van der Waals surface area contributed by atoms with E-state index in [1.54, 1.807) is 12.1 Å². The van der Waals surface area contributed by atoms with Crippen molar-refractivity contribution in [2.45, 2.75) is 38.0 Å². The van der Waals surface area contributed by atoms with Crippen molar-refractivity contribution in [1.82, 2.24) is 4.90 Å². The minimum Gasteiger partial charge on any atom is -0.303 e. The second-order valence-electron chi connectivity index (χ2n) is 6.75. The number of nitrogens with zero attached hydrogens (tertiary/aromatic N) is 1. The summed E-state index contributed by atoms with van der Waals surface area (Å²) in [6, 6.07) is 13.8. The predicted octanol–water partition coefficient (Wildman–Crippen LogP) is 5.17. The molecule has 2 aromatic rings. The van der Waals surface area contributed by atoms with E-state index in [2.05, 4.69) is 4.90 Å². The van der Waals surface area contributed by atoms with Gasteiger partial charge in [0.2, 0.25) is 0 Å². The lowest BCUT2D eigenvalue weighted by atomic mass is 9.89. The Hall–Kier alpha value is -1.74. The van der Waals surface area contributed by atoms with Gasteiger partial charge in [-0.3, -0.25) is 0 Å². The van der Waals surface area contributed by atoms with E-state index in [9.17, 15) is 8.78 Å². The first-order valence-corrected chi connectivity index (χ1v) is 8.93. The molecule has 1 fully saturated rings. The van der Waals surface area contributed by atoms with Crippen molar-refractivity contribution >= 4 is 0 Å². The van der Waals surface area contributed by atoms with Gasteiger partial charge in [-0.25, -0.2) is 8.78 Å². The molecule has 0 amide bonds. The van der Waals surface area contributed by atoms with Crippen LogP contribution in [0.5, 0.6) is 0 Å². The van der Waals surface area contributed by atoms with Gasteiger partial charge in [-0.15, -0.1) is 0 Å². The SMILES string of the molecule is Fc1ccc(CCCCN2CCC(c3ccc(F)cc3)CC2)cc1. The zero-order chi connectivity index (χ0) is 16.8. The molecule has 0 bridgehead atoms. The van der Waals surface area contributed by atoms with E-state index in [-0.39, 0.29) is 11.6 Å². The van der Waals surface area contributed by atoms with Crippen molar-refractivity contribution in [3.05, 3.63) is 71.3 Å². The standard InChI is InChI=1S/C21H25F2N/c22-20-8-4-17(5-9-20)3-1-2-14-24-15-12-19(13-16-24)18-6-10-21(23)11-7-18/h4-11,19H,1-3,12-16H2. The average Bonchev–Trinajstić information content (AvgIpc) is 2.62. The van der Waals surface area contributed by atoms with Crippen LogP contribution in [0.1, 0.15) is 42.7 Å². The van der Waals surface area contributed by atoms with Crippen LogP contribution in [-0.4, -0.2) is 24.5 Å². The molecule has 1 aliphatic rings. The first-order chi connectivity index (χ1) is 11.7. The molecule has 0 atom stereocenters. The Bertz CT molecular complexity index is 613. The second-order valence-corrected chi connectivity index (χ2v) is 6.75. The normalized spacial score (nSPS) is 16.4. The minimum atomic E-state index is -0.164. The van der Waals surface area contributed by atoms with Crippen LogP contribution in [0.3, 0.4) is 0 Å². The zero-order valence-corrected chi connectivity index (χ0v) is 14.1. The lowest BCUT2D eigenvalue weighted by molar-refractivity contribution is 0.209. The monoisotopic (exact) mass is 329 g/mol. The van der Waals surface area contributed by atoms with Gasteiger partial charge < -0.3 is 4.90 Å². The van der Waals surface area contributed by atoms with Crippen LogP contribution in [-0.2, 0) is 6.42 Å². The Kier molecular flexibility index (Phi) is 5.97. The smallest absolute Gasteiger partial charge is 0.123 e. The van der Waals surface area contributed by atoms with Gasteiger partial charge in [0.25, 0.3) is 0 Å². The summed E-state index contributed by atoms with van der Waals surface area (Å²) in [4.78, 5) is 2.53. The summed E-state index contributed by atoms with van der Waals surface area (Å²) in [6.07, 6.45) is 5.65. The van der Waals surface area contributed by atoms with Crippen LogP contribution in [0.4, 0.5) is 8.78 Å². The number of rotatable bonds is 6. The topological polar surface area (TPSA) is 3.24 Å². The molecule has 0 unspecified atom stereocenters. The van der Waals surface area contributed by atoms with Gasteiger partial charge in [-0.2, -0.15) is 0 Å². The van der Waals surface area contributed by atoms with Gasteiger partial charge in [0.05, 0.1) is 0 Å². The Morgan fingerprint density at radius 1 is 0.792 bits per heavy atom. The quantitative estimate of drug-likeness (QED) is 0.661. The predicted molar refractivity (Wildman–Crippen MR) is 94.2 cm³/mol. The van der Waals surface area contributed by atoms with Gasteiger partial charge in [0.1, 0.15) is 11.6 Å². The molecule has 1 saturated heterocycles. The summed E-state index contributed by atoms with van der Waals surface area (Å²) in [5, 5.41) is 0. The van der Waals surface area contributed by atoms with Crippen molar-refractivity contribution in [2.24, 2.45) is 0 Å². The number of piperidine rings is 1. The van der Waals surface area contributed by atoms with Crippen molar-refractivity contribution in [3.63, 3.8) is 0 Å². The molecule has 1 nitrogen and oxygen atoms in total. The van der Waals surface area contributed by atoms with Crippen molar-refractivity contribution < 1.29 is 8.78 Å². The Morgan fingerprint density at radius 2 is 1.38 bits per heavy atom. The van der Waals surface area contributed by atoms with Crippen LogP contribution in [0.2, 0.25) is 0 Å².